The Hall–Kier alpha value is -1.67. The lowest BCUT2D eigenvalue weighted by Gasteiger charge is -2.21. The molecule has 0 aromatic heterocycles. The second-order valence-corrected chi connectivity index (χ2v) is 6.88. The van der Waals surface area contributed by atoms with E-state index in [1.165, 1.54) is 11.1 Å². The Balaban J connectivity index is 2.49. The van der Waals surface area contributed by atoms with Gasteiger partial charge in [-0.1, -0.05) is 70.7 Å². The topological polar surface area (TPSA) is 26.3 Å². The van der Waals surface area contributed by atoms with E-state index >= 15 is 0 Å². The molecule has 1 rings (SSSR count). The van der Waals surface area contributed by atoms with Gasteiger partial charge in [-0.05, 0) is 36.5 Å². The summed E-state index contributed by atoms with van der Waals surface area (Å²) in [5, 5.41) is 0. The molecule has 1 aromatic carbocycles. The maximum atomic E-state index is 12.0. The summed E-state index contributed by atoms with van der Waals surface area (Å²) >= 11 is 0. The Morgan fingerprint density at radius 3 is 2.50 bits per heavy atom. The van der Waals surface area contributed by atoms with E-state index in [9.17, 15) is 4.79 Å². The van der Waals surface area contributed by atoms with Gasteiger partial charge in [0.1, 0.15) is 5.78 Å². The summed E-state index contributed by atoms with van der Waals surface area (Å²) in [5.41, 5.74) is 3.39. The fourth-order valence-corrected chi connectivity index (χ4v) is 2.69. The van der Waals surface area contributed by atoms with Crippen LogP contribution in [-0.4, -0.2) is 18.5 Å². The second kappa shape index (κ2) is 10.2. The Morgan fingerprint density at radius 2 is 1.92 bits per heavy atom. The molecule has 1 aromatic rings. The number of aryl methyl sites for hydroxylation is 1. The van der Waals surface area contributed by atoms with Crippen molar-refractivity contribution in [3.8, 4) is 0 Å². The molecular weight excluding hydrogens is 296 g/mol. The molecule has 0 N–H and O–H groups in total. The van der Waals surface area contributed by atoms with Gasteiger partial charge < -0.3 is 4.74 Å². The predicted octanol–water partition coefficient (Wildman–Crippen LogP) is 5.61. The highest BCUT2D eigenvalue weighted by Crippen LogP contribution is 2.18. The first-order valence-corrected chi connectivity index (χ1v) is 8.91. The van der Waals surface area contributed by atoms with Crippen molar-refractivity contribution in [1.82, 2.24) is 0 Å². The molecule has 0 bridgehead atoms. The summed E-state index contributed by atoms with van der Waals surface area (Å²) in [4.78, 5) is 12.0. The average Bonchev–Trinajstić information content (AvgIpc) is 2.56. The third kappa shape index (κ3) is 6.84. The van der Waals surface area contributed by atoms with E-state index < -0.39 is 0 Å². The number of ketones is 1. The highest BCUT2D eigenvalue weighted by atomic mass is 16.5. The smallest absolute Gasteiger partial charge is 0.138 e. The van der Waals surface area contributed by atoms with Crippen LogP contribution in [-0.2, 0) is 9.53 Å². The van der Waals surface area contributed by atoms with Crippen molar-refractivity contribution in [1.29, 1.82) is 0 Å². The predicted molar refractivity (Wildman–Crippen MR) is 103 cm³/mol. The van der Waals surface area contributed by atoms with Crippen LogP contribution in [0.4, 0.5) is 0 Å². The van der Waals surface area contributed by atoms with E-state index in [2.05, 4.69) is 38.6 Å². The van der Waals surface area contributed by atoms with E-state index in [1.54, 1.807) is 0 Å². The highest BCUT2D eigenvalue weighted by Gasteiger charge is 2.20. The van der Waals surface area contributed by atoms with E-state index in [0.717, 1.165) is 18.4 Å². The molecule has 0 spiro atoms. The number of carbonyl (C=O) groups is 1. The molecule has 2 atom stereocenters. The van der Waals surface area contributed by atoms with E-state index in [0.29, 0.717) is 12.4 Å². The fraction of sp³-hybridized carbons (Fsp3) is 0.500. The van der Waals surface area contributed by atoms with Crippen LogP contribution in [0.2, 0.25) is 0 Å². The monoisotopic (exact) mass is 328 g/mol. The minimum atomic E-state index is 0.0470. The largest absolute Gasteiger partial charge is 0.374 e. The standard InChI is InChI=1S/C22H32O2/c1-7-21(14-19(6)22(23)16(2)3)24-15-17(4)12-13-20-11-9-8-10-18(20)5/h8-13,16,19,21H,4,7,14-15H2,1-3,5-6H3. The van der Waals surface area contributed by atoms with Crippen molar-refractivity contribution in [3.05, 3.63) is 53.6 Å². The van der Waals surface area contributed by atoms with E-state index in [1.807, 2.05) is 39.0 Å². The lowest BCUT2D eigenvalue weighted by atomic mass is 9.91. The van der Waals surface area contributed by atoms with Crippen molar-refractivity contribution < 1.29 is 9.53 Å². The molecule has 24 heavy (non-hydrogen) atoms. The van der Waals surface area contributed by atoms with Gasteiger partial charge in [0.15, 0.2) is 0 Å². The SMILES string of the molecule is C=C(C=Cc1ccccc1C)COC(CC)CC(C)C(=O)C(C)C. The van der Waals surface area contributed by atoms with E-state index in [-0.39, 0.29) is 17.9 Å². The number of Topliss-reactive ketones (excluding diaryl/α,β-unsaturated/α-hetero) is 1. The van der Waals surface area contributed by atoms with Gasteiger partial charge in [0.2, 0.25) is 0 Å². The summed E-state index contributed by atoms with van der Waals surface area (Å²) in [6.07, 6.45) is 5.88. The van der Waals surface area contributed by atoms with Crippen molar-refractivity contribution in [2.45, 2.75) is 53.6 Å². The first-order chi connectivity index (χ1) is 11.3. The van der Waals surface area contributed by atoms with Crippen LogP contribution in [0.15, 0.2) is 42.5 Å². The second-order valence-electron chi connectivity index (χ2n) is 6.88. The summed E-state index contributed by atoms with van der Waals surface area (Å²) in [7, 11) is 0. The molecular formula is C22H32O2. The zero-order chi connectivity index (χ0) is 18.1. The molecule has 0 saturated carbocycles. The van der Waals surface area contributed by atoms with Gasteiger partial charge in [0.25, 0.3) is 0 Å². The van der Waals surface area contributed by atoms with Crippen LogP contribution < -0.4 is 0 Å². The van der Waals surface area contributed by atoms with Crippen LogP contribution in [0.1, 0.15) is 51.7 Å². The molecule has 0 aliphatic carbocycles. The molecule has 0 radical (unpaired) electrons. The lowest BCUT2D eigenvalue weighted by Crippen LogP contribution is -2.24. The number of rotatable bonds is 10. The van der Waals surface area contributed by atoms with Crippen LogP contribution >= 0.6 is 0 Å². The molecule has 0 aliphatic heterocycles. The third-order valence-corrected chi connectivity index (χ3v) is 4.32. The average molecular weight is 328 g/mol. The van der Waals surface area contributed by atoms with Crippen LogP contribution in [0, 0.1) is 18.8 Å². The number of hydrogen-bond acceptors (Lipinski definition) is 2. The molecule has 2 heteroatoms. The third-order valence-electron chi connectivity index (χ3n) is 4.32. The van der Waals surface area contributed by atoms with Crippen LogP contribution in [0.3, 0.4) is 0 Å². The summed E-state index contributed by atoms with van der Waals surface area (Å²) in [5.74, 6) is 0.450. The summed E-state index contributed by atoms with van der Waals surface area (Å²) in [6.45, 7) is 14.7. The molecule has 0 fully saturated rings. The fourth-order valence-electron chi connectivity index (χ4n) is 2.69. The zero-order valence-electron chi connectivity index (χ0n) is 15.8. The zero-order valence-corrected chi connectivity index (χ0v) is 15.8. The molecule has 0 heterocycles. The first kappa shape index (κ1) is 20.4. The molecule has 0 saturated heterocycles. The maximum absolute atomic E-state index is 12.0. The molecule has 0 aliphatic rings. The normalized spacial score (nSPS) is 14.1. The van der Waals surface area contributed by atoms with Gasteiger partial charge in [-0.25, -0.2) is 0 Å². The van der Waals surface area contributed by atoms with Gasteiger partial charge in [-0.3, -0.25) is 4.79 Å². The minimum absolute atomic E-state index is 0.0470. The van der Waals surface area contributed by atoms with Gasteiger partial charge in [-0.15, -0.1) is 0 Å². The van der Waals surface area contributed by atoms with Gasteiger partial charge >= 0.3 is 0 Å². The quantitative estimate of drug-likeness (QED) is 0.522. The van der Waals surface area contributed by atoms with Gasteiger partial charge in [0, 0.05) is 11.8 Å². The molecule has 0 amide bonds. The Labute approximate surface area is 147 Å². The number of carbonyl (C=O) groups excluding carboxylic acids is 1. The molecule has 132 valence electrons. The maximum Gasteiger partial charge on any atom is 0.138 e. The van der Waals surface area contributed by atoms with Crippen molar-refractivity contribution >= 4 is 11.9 Å². The summed E-state index contributed by atoms with van der Waals surface area (Å²) in [6, 6.07) is 8.26. The van der Waals surface area contributed by atoms with Crippen LogP contribution in [0.25, 0.3) is 6.08 Å². The summed E-state index contributed by atoms with van der Waals surface area (Å²) < 4.78 is 5.97. The Kier molecular flexibility index (Phi) is 8.70. The van der Waals surface area contributed by atoms with Crippen molar-refractivity contribution in [2.24, 2.45) is 11.8 Å². The number of benzene rings is 1. The number of ether oxygens (including phenoxy) is 1. The minimum Gasteiger partial charge on any atom is -0.374 e. The van der Waals surface area contributed by atoms with E-state index in [4.69, 9.17) is 4.74 Å². The molecule has 2 unspecified atom stereocenters. The highest BCUT2D eigenvalue weighted by molar-refractivity contribution is 5.82. The molecule has 2 nitrogen and oxygen atoms in total. The van der Waals surface area contributed by atoms with Gasteiger partial charge in [-0.2, -0.15) is 0 Å². The van der Waals surface area contributed by atoms with Crippen molar-refractivity contribution in [2.75, 3.05) is 6.61 Å². The Bertz CT molecular complexity index is 569. The van der Waals surface area contributed by atoms with Crippen molar-refractivity contribution in [3.63, 3.8) is 0 Å². The lowest BCUT2D eigenvalue weighted by molar-refractivity contribution is -0.126. The Morgan fingerprint density at radius 1 is 1.25 bits per heavy atom. The van der Waals surface area contributed by atoms with Gasteiger partial charge in [0.05, 0.1) is 12.7 Å². The number of hydrogen-bond donors (Lipinski definition) is 0. The first-order valence-electron chi connectivity index (χ1n) is 8.91. The van der Waals surface area contributed by atoms with Crippen LogP contribution in [0.5, 0.6) is 0 Å².